The van der Waals surface area contributed by atoms with Gasteiger partial charge in [0, 0.05) is 12.5 Å². The maximum atomic E-state index is 10.6. The third kappa shape index (κ3) is 2.49. The average molecular weight is 262 g/mol. The summed E-state index contributed by atoms with van der Waals surface area (Å²) in [6, 6.07) is 6.12. The van der Waals surface area contributed by atoms with Crippen LogP contribution in [0.25, 0.3) is 0 Å². The molecule has 0 spiro atoms. The molecule has 0 aromatic heterocycles. The molecule has 1 fully saturated rings. The van der Waals surface area contributed by atoms with Crippen LogP contribution in [0.5, 0.6) is 5.75 Å². The first-order valence-corrected chi connectivity index (χ1v) is 7.35. The van der Waals surface area contributed by atoms with Crippen molar-refractivity contribution >= 4 is 0 Å². The first kappa shape index (κ1) is 12.9. The minimum absolute atomic E-state index is 0.197. The van der Waals surface area contributed by atoms with Crippen molar-refractivity contribution in [1.29, 1.82) is 0 Å². The molecule has 1 saturated heterocycles. The van der Waals surface area contributed by atoms with E-state index in [1.807, 2.05) is 12.1 Å². The molecule has 0 aliphatic carbocycles. The second kappa shape index (κ2) is 5.51. The number of aliphatic hydroxyl groups is 1. The van der Waals surface area contributed by atoms with E-state index in [4.69, 9.17) is 9.47 Å². The summed E-state index contributed by atoms with van der Waals surface area (Å²) in [4.78, 5) is 0. The fraction of sp³-hybridized carbons (Fsp3) is 0.625. The minimum Gasteiger partial charge on any atom is -0.493 e. The highest BCUT2D eigenvalue weighted by molar-refractivity contribution is 5.39. The Morgan fingerprint density at radius 1 is 1.37 bits per heavy atom. The Labute approximate surface area is 114 Å². The molecule has 0 amide bonds. The maximum Gasteiger partial charge on any atom is 0.122 e. The Hall–Kier alpha value is -1.06. The van der Waals surface area contributed by atoms with Gasteiger partial charge in [-0.3, -0.25) is 0 Å². The SMILES string of the molecule is CCC1OCCC1C(O)c1ccc2c(c1)CCCO2. The van der Waals surface area contributed by atoms with Gasteiger partial charge in [-0.2, -0.15) is 0 Å². The van der Waals surface area contributed by atoms with Gasteiger partial charge in [0.25, 0.3) is 0 Å². The smallest absolute Gasteiger partial charge is 0.122 e. The van der Waals surface area contributed by atoms with E-state index in [1.54, 1.807) is 0 Å². The van der Waals surface area contributed by atoms with E-state index < -0.39 is 6.10 Å². The van der Waals surface area contributed by atoms with E-state index in [1.165, 1.54) is 5.56 Å². The Bertz CT molecular complexity index is 444. The summed E-state index contributed by atoms with van der Waals surface area (Å²) in [5.41, 5.74) is 2.24. The van der Waals surface area contributed by atoms with Gasteiger partial charge in [0.2, 0.25) is 0 Å². The van der Waals surface area contributed by atoms with Crippen LogP contribution in [-0.2, 0) is 11.2 Å². The van der Waals surface area contributed by atoms with Crippen molar-refractivity contribution in [1.82, 2.24) is 0 Å². The topological polar surface area (TPSA) is 38.7 Å². The molecule has 1 aromatic rings. The van der Waals surface area contributed by atoms with Crippen LogP contribution >= 0.6 is 0 Å². The summed E-state index contributed by atoms with van der Waals surface area (Å²) >= 11 is 0. The van der Waals surface area contributed by atoms with Crippen molar-refractivity contribution in [3.63, 3.8) is 0 Å². The standard InChI is InChI=1S/C16H22O3/c1-2-14-13(7-9-19-14)16(17)12-5-6-15-11(10-12)4-3-8-18-15/h5-6,10,13-14,16-17H,2-4,7-9H2,1H3. The summed E-state index contributed by atoms with van der Waals surface area (Å²) in [5.74, 6) is 1.21. The summed E-state index contributed by atoms with van der Waals surface area (Å²) in [6.07, 6.45) is 3.82. The Morgan fingerprint density at radius 2 is 2.26 bits per heavy atom. The molecule has 3 atom stereocenters. The molecule has 0 saturated carbocycles. The molecule has 2 heterocycles. The molecule has 3 rings (SSSR count). The average Bonchev–Trinajstić information content (AvgIpc) is 2.94. The zero-order valence-corrected chi connectivity index (χ0v) is 11.5. The van der Waals surface area contributed by atoms with Crippen LogP contribution in [0.3, 0.4) is 0 Å². The minimum atomic E-state index is -0.417. The van der Waals surface area contributed by atoms with Gasteiger partial charge in [0.05, 0.1) is 18.8 Å². The number of ether oxygens (including phenoxy) is 2. The van der Waals surface area contributed by atoms with E-state index in [2.05, 4.69) is 13.0 Å². The molecular weight excluding hydrogens is 240 g/mol. The number of rotatable bonds is 3. The highest BCUT2D eigenvalue weighted by Crippen LogP contribution is 2.36. The van der Waals surface area contributed by atoms with E-state index >= 15 is 0 Å². The third-order valence-corrected chi connectivity index (χ3v) is 4.34. The second-order valence-corrected chi connectivity index (χ2v) is 5.53. The lowest BCUT2D eigenvalue weighted by Gasteiger charge is -2.25. The quantitative estimate of drug-likeness (QED) is 0.910. The predicted molar refractivity (Wildman–Crippen MR) is 73.4 cm³/mol. The lowest BCUT2D eigenvalue weighted by Crippen LogP contribution is -2.22. The molecule has 1 aromatic carbocycles. The first-order valence-electron chi connectivity index (χ1n) is 7.35. The van der Waals surface area contributed by atoms with E-state index in [9.17, 15) is 5.11 Å². The molecule has 0 bridgehead atoms. The van der Waals surface area contributed by atoms with Gasteiger partial charge in [0.1, 0.15) is 5.75 Å². The normalized spacial score (nSPS) is 27.7. The highest BCUT2D eigenvalue weighted by atomic mass is 16.5. The fourth-order valence-electron chi connectivity index (χ4n) is 3.26. The van der Waals surface area contributed by atoms with Gasteiger partial charge in [-0.25, -0.2) is 0 Å². The van der Waals surface area contributed by atoms with Crippen LogP contribution in [-0.4, -0.2) is 24.4 Å². The number of benzene rings is 1. The van der Waals surface area contributed by atoms with E-state index in [0.29, 0.717) is 0 Å². The number of hydrogen-bond donors (Lipinski definition) is 1. The largest absolute Gasteiger partial charge is 0.493 e. The Morgan fingerprint density at radius 3 is 3.11 bits per heavy atom. The van der Waals surface area contributed by atoms with Crippen LogP contribution in [0.2, 0.25) is 0 Å². The summed E-state index contributed by atoms with van der Waals surface area (Å²) in [6.45, 7) is 3.70. The van der Waals surface area contributed by atoms with Crippen molar-refractivity contribution in [2.75, 3.05) is 13.2 Å². The number of hydrogen-bond acceptors (Lipinski definition) is 3. The zero-order chi connectivity index (χ0) is 13.2. The van der Waals surface area contributed by atoms with E-state index in [-0.39, 0.29) is 12.0 Å². The van der Waals surface area contributed by atoms with E-state index in [0.717, 1.165) is 50.2 Å². The molecular formula is C16H22O3. The summed E-state index contributed by atoms with van der Waals surface area (Å²) < 4.78 is 11.3. The third-order valence-electron chi connectivity index (χ3n) is 4.34. The lowest BCUT2D eigenvalue weighted by molar-refractivity contribution is 0.0307. The van der Waals surface area contributed by atoms with Crippen molar-refractivity contribution < 1.29 is 14.6 Å². The van der Waals surface area contributed by atoms with Gasteiger partial charge in [-0.1, -0.05) is 13.0 Å². The molecule has 19 heavy (non-hydrogen) atoms. The first-order chi connectivity index (χ1) is 9.29. The van der Waals surface area contributed by atoms with Gasteiger partial charge in [-0.15, -0.1) is 0 Å². The fourth-order valence-corrected chi connectivity index (χ4v) is 3.26. The number of fused-ring (bicyclic) bond motifs is 1. The van der Waals surface area contributed by atoms with Gasteiger partial charge >= 0.3 is 0 Å². The number of aliphatic hydroxyl groups excluding tert-OH is 1. The Balaban J connectivity index is 1.81. The molecule has 104 valence electrons. The van der Waals surface area contributed by atoms with Crippen molar-refractivity contribution in [2.24, 2.45) is 5.92 Å². The Kier molecular flexibility index (Phi) is 3.76. The predicted octanol–water partition coefficient (Wildman–Crippen LogP) is 2.86. The van der Waals surface area contributed by atoms with Crippen LogP contribution in [0.4, 0.5) is 0 Å². The van der Waals surface area contributed by atoms with Crippen LogP contribution in [0, 0.1) is 5.92 Å². The molecule has 1 N–H and O–H groups in total. The highest BCUT2D eigenvalue weighted by Gasteiger charge is 2.33. The summed E-state index contributed by atoms with van der Waals surface area (Å²) in [5, 5.41) is 10.6. The van der Waals surface area contributed by atoms with Gasteiger partial charge < -0.3 is 14.6 Å². The monoisotopic (exact) mass is 262 g/mol. The molecule has 2 aliphatic heterocycles. The molecule has 3 unspecified atom stereocenters. The molecule has 3 nitrogen and oxygen atoms in total. The maximum absolute atomic E-state index is 10.6. The second-order valence-electron chi connectivity index (χ2n) is 5.53. The van der Waals surface area contributed by atoms with Crippen LogP contribution < -0.4 is 4.74 Å². The van der Waals surface area contributed by atoms with Crippen LogP contribution in [0.1, 0.15) is 43.4 Å². The molecule has 3 heteroatoms. The molecule has 2 aliphatic rings. The van der Waals surface area contributed by atoms with Crippen molar-refractivity contribution in [3.05, 3.63) is 29.3 Å². The van der Waals surface area contributed by atoms with Gasteiger partial charge in [0.15, 0.2) is 0 Å². The van der Waals surface area contributed by atoms with Crippen molar-refractivity contribution in [3.8, 4) is 5.75 Å². The molecule has 0 radical (unpaired) electrons. The van der Waals surface area contributed by atoms with Gasteiger partial charge in [-0.05, 0) is 48.9 Å². The zero-order valence-electron chi connectivity index (χ0n) is 11.5. The summed E-state index contributed by atoms with van der Waals surface area (Å²) in [7, 11) is 0. The van der Waals surface area contributed by atoms with Crippen LogP contribution in [0.15, 0.2) is 18.2 Å². The van der Waals surface area contributed by atoms with Crippen molar-refractivity contribution in [2.45, 2.75) is 44.8 Å². The lowest BCUT2D eigenvalue weighted by atomic mass is 9.88. The number of aryl methyl sites for hydroxylation is 1.